The van der Waals surface area contributed by atoms with E-state index in [4.69, 9.17) is 14.2 Å². The summed E-state index contributed by atoms with van der Waals surface area (Å²) < 4.78 is 17.0. The van der Waals surface area contributed by atoms with Gasteiger partial charge in [0.2, 0.25) is 0 Å². The van der Waals surface area contributed by atoms with Gasteiger partial charge in [-0.05, 0) is 61.7 Å². The molecule has 0 bridgehead atoms. The molecule has 0 radical (unpaired) electrons. The van der Waals surface area contributed by atoms with E-state index in [0.29, 0.717) is 31.8 Å². The van der Waals surface area contributed by atoms with Crippen molar-refractivity contribution in [1.29, 1.82) is 0 Å². The van der Waals surface area contributed by atoms with E-state index in [-0.39, 0.29) is 64.5 Å². The van der Waals surface area contributed by atoms with Crippen LogP contribution >= 0.6 is 0 Å². The van der Waals surface area contributed by atoms with Crippen LogP contribution in [0.5, 0.6) is 0 Å². The van der Waals surface area contributed by atoms with Gasteiger partial charge in [-0.3, -0.25) is 19.2 Å². The van der Waals surface area contributed by atoms with Crippen LogP contribution in [0.2, 0.25) is 0 Å². The Kier molecular flexibility index (Phi) is 6.14. The Hall–Kier alpha value is -1.92. The average Bonchev–Trinajstić information content (AvgIpc) is 3.05. The maximum absolute atomic E-state index is 12.3. The summed E-state index contributed by atoms with van der Waals surface area (Å²) in [5, 5.41) is 0. The van der Waals surface area contributed by atoms with Crippen LogP contribution in [0.1, 0.15) is 79.1 Å². The predicted molar refractivity (Wildman–Crippen MR) is 114 cm³/mol. The SMILES string of the molecule is CC(=O)OC[C@]12CC[C@H]3[C@@H](C[C@@H](OC(C)=O)[C@H]4CC(=O)CC[C@@]43C)[C@@H]1C[C@@H](OC(C)=O)C2. The Morgan fingerprint density at radius 1 is 0.938 bits per heavy atom. The quantitative estimate of drug-likeness (QED) is 0.479. The Labute approximate surface area is 189 Å². The van der Waals surface area contributed by atoms with Gasteiger partial charge in [0.25, 0.3) is 0 Å². The lowest BCUT2D eigenvalue weighted by atomic mass is 9.44. The second-order valence-corrected chi connectivity index (χ2v) is 11.0. The highest BCUT2D eigenvalue weighted by Gasteiger charge is 2.64. The lowest BCUT2D eigenvalue weighted by molar-refractivity contribution is -0.189. The van der Waals surface area contributed by atoms with Crippen molar-refractivity contribution in [1.82, 2.24) is 0 Å². The number of Topliss-reactive ketones (excluding diaryl/α,β-unsaturated/α-hetero) is 1. The fourth-order valence-corrected chi connectivity index (χ4v) is 8.00. The van der Waals surface area contributed by atoms with E-state index < -0.39 is 0 Å². The first-order valence-corrected chi connectivity index (χ1v) is 12.0. The molecule has 4 saturated carbocycles. The van der Waals surface area contributed by atoms with Gasteiger partial charge < -0.3 is 14.2 Å². The van der Waals surface area contributed by atoms with Crippen LogP contribution < -0.4 is 0 Å². The molecule has 0 aromatic heterocycles. The van der Waals surface area contributed by atoms with Gasteiger partial charge in [-0.1, -0.05) is 6.92 Å². The van der Waals surface area contributed by atoms with Crippen molar-refractivity contribution in [2.45, 2.75) is 91.3 Å². The molecule has 4 fully saturated rings. The van der Waals surface area contributed by atoms with Crippen LogP contribution in [0.4, 0.5) is 0 Å². The predicted octanol–water partition coefficient (Wildman–Crippen LogP) is 3.61. The molecule has 0 aromatic rings. The molecule has 7 heteroatoms. The van der Waals surface area contributed by atoms with Gasteiger partial charge in [-0.2, -0.15) is 0 Å². The Morgan fingerprint density at radius 2 is 1.66 bits per heavy atom. The van der Waals surface area contributed by atoms with Crippen molar-refractivity contribution in [3.8, 4) is 0 Å². The van der Waals surface area contributed by atoms with Gasteiger partial charge in [0.1, 0.15) is 18.0 Å². The molecule has 0 saturated heterocycles. The lowest BCUT2D eigenvalue weighted by Gasteiger charge is -2.61. The minimum atomic E-state index is -0.306. The third-order valence-corrected chi connectivity index (χ3v) is 9.17. The highest BCUT2D eigenvalue weighted by Crippen LogP contribution is 2.66. The Balaban J connectivity index is 1.67. The van der Waals surface area contributed by atoms with Crippen LogP contribution in [0.3, 0.4) is 0 Å². The minimum Gasteiger partial charge on any atom is -0.465 e. The monoisotopic (exact) mass is 448 g/mol. The molecule has 0 N–H and O–H groups in total. The number of carbonyl (C=O) groups is 4. The number of esters is 3. The summed E-state index contributed by atoms with van der Waals surface area (Å²) in [4.78, 5) is 47.7. The highest BCUT2D eigenvalue weighted by atomic mass is 16.5. The first-order chi connectivity index (χ1) is 15.0. The molecule has 0 spiro atoms. The van der Waals surface area contributed by atoms with E-state index in [2.05, 4.69) is 6.92 Å². The number of carbonyl (C=O) groups excluding carboxylic acids is 4. The van der Waals surface area contributed by atoms with Gasteiger partial charge >= 0.3 is 17.9 Å². The molecule has 0 aliphatic heterocycles. The zero-order valence-electron chi connectivity index (χ0n) is 19.7. The molecular weight excluding hydrogens is 412 g/mol. The average molecular weight is 449 g/mol. The third-order valence-electron chi connectivity index (χ3n) is 9.17. The summed E-state index contributed by atoms with van der Waals surface area (Å²) in [5.41, 5.74) is -0.286. The van der Waals surface area contributed by atoms with Crippen molar-refractivity contribution in [2.24, 2.45) is 34.5 Å². The summed E-state index contributed by atoms with van der Waals surface area (Å²) in [6, 6.07) is 0. The molecule has 8 atom stereocenters. The number of fused-ring (bicyclic) bond motifs is 5. The van der Waals surface area contributed by atoms with Crippen LogP contribution in [0.15, 0.2) is 0 Å². The number of hydrogen-bond acceptors (Lipinski definition) is 7. The van der Waals surface area contributed by atoms with Crippen molar-refractivity contribution < 1.29 is 33.4 Å². The van der Waals surface area contributed by atoms with Crippen molar-refractivity contribution in [3.05, 3.63) is 0 Å². The van der Waals surface area contributed by atoms with Crippen LogP contribution in [-0.2, 0) is 33.4 Å². The van der Waals surface area contributed by atoms with Crippen LogP contribution in [-0.4, -0.2) is 42.5 Å². The highest BCUT2D eigenvalue weighted by molar-refractivity contribution is 5.80. The smallest absolute Gasteiger partial charge is 0.302 e. The molecule has 4 aliphatic carbocycles. The van der Waals surface area contributed by atoms with E-state index in [0.717, 1.165) is 32.1 Å². The molecule has 178 valence electrons. The van der Waals surface area contributed by atoms with E-state index in [1.807, 2.05) is 0 Å². The fraction of sp³-hybridized carbons (Fsp3) is 0.840. The first kappa shape index (κ1) is 23.2. The normalized spacial score (nSPS) is 42.8. The standard InChI is InChI=1S/C25H36O7/c1-14(26)30-13-25-8-6-20-19(21(25)10-18(12-25)31-15(2)27)11-23(32-16(3)28)22-9-17(29)5-7-24(20,22)4/h18-23H,5-13H2,1-4H3/t18-,19-,20+,21+,22-,23-,24-,25-/m1/s1. The number of hydrogen-bond donors (Lipinski definition) is 0. The zero-order chi connectivity index (χ0) is 23.3. The molecule has 4 aliphatic rings. The molecule has 0 aromatic carbocycles. The first-order valence-electron chi connectivity index (χ1n) is 12.0. The Morgan fingerprint density at radius 3 is 2.31 bits per heavy atom. The van der Waals surface area contributed by atoms with Gasteiger partial charge in [0.05, 0.1) is 6.61 Å². The summed E-state index contributed by atoms with van der Waals surface area (Å²) >= 11 is 0. The van der Waals surface area contributed by atoms with E-state index in [1.165, 1.54) is 20.8 Å². The van der Waals surface area contributed by atoms with E-state index >= 15 is 0 Å². The van der Waals surface area contributed by atoms with Gasteiger partial charge in [0.15, 0.2) is 0 Å². The van der Waals surface area contributed by atoms with Gasteiger partial charge in [-0.15, -0.1) is 0 Å². The lowest BCUT2D eigenvalue weighted by Crippen LogP contribution is -2.58. The molecule has 4 rings (SSSR count). The second-order valence-electron chi connectivity index (χ2n) is 11.0. The molecule has 0 unspecified atom stereocenters. The largest absolute Gasteiger partial charge is 0.465 e. The number of ketones is 1. The van der Waals surface area contributed by atoms with Crippen molar-refractivity contribution in [2.75, 3.05) is 6.61 Å². The zero-order valence-corrected chi connectivity index (χ0v) is 19.7. The minimum absolute atomic E-state index is 0.0561. The van der Waals surface area contributed by atoms with Gasteiger partial charge in [-0.25, -0.2) is 0 Å². The fourth-order valence-electron chi connectivity index (χ4n) is 8.00. The van der Waals surface area contributed by atoms with Gasteiger partial charge in [0, 0.05) is 44.9 Å². The summed E-state index contributed by atoms with van der Waals surface area (Å²) in [5.74, 6) is 0.345. The van der Waals surface area contributed by atoms with Crippen molar-refractivity contribution in [3.63, 3.8) is 0 Å². The Bertz CT molecular complexity index is 806. The summed E-state index contributed by atoms with van der Waals surface area (Å²) in [6.07, 6.45) is 5.50. The third kappa shape index (κ3) is 4.08. The topological polar surface area (TPSA) is 96.0 Å². The molecule has 7 nitrogen and oxygen atoms in total. The van der Waals surface area contributed by atoms with E-state index in [1.54, 1.807) is 0 Å². The molecule has 32 heavy (non-hydrogen) atoms. The maximum atomic E-state index is 12.3. The van der Waals surface area contributed by atoms with Crippen LogP contribution in [0, 0.1) is 34.5 Å². The summed E-state index contributed by atoms with van der Waals surface area (Å²) in [7, 11) is 0. The molecule has 0 heterocycles. The van der Waals surface area contributed by atoms with Crippen molar-refractivity contribution >= 4 is 23.7 Å². The molecule has 0 amide bonds. The molecular formula is C25H36O7. The maximum Gasteiger partial charge on any atom is 0.302 e. The number of rotatable bonds is 4. The second kappa shape index (κ2) is 8.45. The van der Waals surface area contributed by atoms with E-state index in [9.17, 15) is 19.2 Å². The number of ether oxygens (including phenoxy) is 3. The summed E-state index contributed by atoms with van der Waals surface area (Å²) in [6.45, 7) is 6.93. The van der Waals surface area contributed by atoms with Crippen LogP contribution in [0.25, 0.3) is 0 Å².